The van der Waals surface area contributed by atoms with E-state index in [4.69, 9.17) is 5.11 Å². The fraction of sp³-hybridized carbons (Fsp3) is 0.875. The van der Waals surface area contributed by atoms with Crippen molar-refractivity contribution in [1.29, 1.82) is 0 Å². The molecule has 3 nitrogen and oxygen atoms in total. The van der Waals surface area contributed by atoms with Crippen molar-refractivity contribution >= 4 is 21.8 Å². The van der Waals surface area contributed by atoms with Crippen molar-refractivity contribution < 1.29 is 9.90 Å². The molecule has 0 aromatic rings. The second kappa shape index (κ2) is 6.43. The van der Waals surface area contributed by atoms with Gasteiger partial charge in [-0.05, 0) is 5.92 Å². The number of aliphatic hydroxyl groups is 1. The minimum absolute atomic E-state index is 0.00565. The lowest BCUT2D eigenvalue weighted by atomic mass is 10.1. The number of amides is 1. The summed E-state index contributed by atoms with van der Waals surface area (Å²) in [5.74, 6) is 0.258. The van der Waals surface area contributed by atoms with E-state index in [9.17, 15) is 4.79 Å². The van der Waals surface area contributed by atoms with Crippen LogP contribution in [0.4, 0.5) is 0 Å². The molecule has 0 bridgehead atoms. The van der Waals surface area contributed by atoms with Crippen molar-refractivity contribution in [2.75, 3.05) is 11.9 Å². The van der Waals surface area contributed by atoms with Gasteiger partial charge in [-0.1, -0.05) is 29.8 Å². The lowest BCUT2D eigenvalue weighted by molar-refractivity contribution is -0.122. The third-order valence-electron chi connectivity index (χ3n) is 1.67. The van der Waals surface area contributed by atoms with Crippen LogP contribution in [-0.4, -0.2) is 29.0 Å². The van der Waals surface area contributed by atoms with Crippen LogP contribution in [-0.2, 0) is 4.79 Å². The molecular formula is C8H16BrNO2. The van der Waals surface area contributed by atoms with Crippen LogP contribution in [0.2, 0.25) is 0 Å². The third-order valence-corrected chi connectivity index (χ3v) is 2.07. The van der Waals surface area contributed by atoms with Gasteiger partial charge >= 0.3 is 0 Å². The summed E-state index contributed by atoms with van der Waals surface area (Å²) in [4.78, 5) is 11.1. The zero-order chi connectivity index (χ0) is 9.56. The summed E-state index contributed by atoms with van der Waals surface area (Å²) in [5, 5.41) is 12.3. The van der Waals surface area contributed by atoms with Crippen LogP contribution in [0.15, 0.2) is 0 Å². The monoisotopic (exact) mass is 237 g/mol. The Kier molecular flexibility index (Phi) is 6.38. The van der Waals surface area contributed by atoms with Gasteiger partial charge in [-0.3, -0.25) is 4.79 Å². The quantitative estimate of drug-likeness (QED) is 0.699. The lowest BCUT2D eigenvalue weighted by Crippen LogP contribution is -2.41. The molecule has 0 saturated heterocycles. The number of hydrogen-bond donors (Lipinski definition) is 2. The van der Waals surface area contributed by atoms with Crippen LogP contribution in [0.5, 0.6) is 0 Å². The minimum atomic E-state index is -0.114. The Morgan fingerprint density at radius 3 is 2.50 bits per heavy atom. The molecule has 0 aromatic carbocycles. The molecule has 0 radical (unpaired) electrons. The molecule has 0 rings (SSSR count). The van der Waals surface area contributed by atoms with Crippen LogP contribution in [0.25, 0.3) is 0 Å². The average molecular weight is 238 g/mol. The molecule has 0 fully saturated rings. The Morgan fingerprint density at radius 1 is 1.58 bits per heavy atom. The number of carbonyl (C=O) groups is 1. The van der Waals surface area contributed by atoms with Crippen molar-refractivity contribution in [1.82, 2.24) is 5.32 Å². The lowest BCUT2D eigenvalue weighted by Gasteiger charge is -2.19. The maximum Gasteiger partial charge on any atom is 0.221 e. The molecule has 1 amide bonds. The van der Waals surface area contributed by atoms with Crippen LogP contribution in [0.3, 0.4) is 0 Å². The van der Waals surface area contributed by atoms with Gasteiger partial charge in [0.15, 0.2) is 0 Å². The maximum atomic E-state index is 11.1. The van der Waals surface area contributed by atoms with E-state index in [2.05, 4.69) is 21.2 Å². The van der Waals surface area contributed by atoms with Gasteiger partial charge in [-0.25, -0.2) is 0 Å². The Hall–Kier alpha value is -0.0900. The molecule has 0 aliphatic heterocycles. The Morgan fingerprint density at radius 2 is 2.17 bits per heavy atom. The van der Waals surface area contributed by atoms with Crippen LogP contribution in [0, 0.1) is 5.92 Å². The van der Waals surface area contributed by atoms with Gasteiger partial charge in [-0.2, -0.15) is 0 Å². The molecule has 0 aliphatic carbocycles. The number of alkyl halides is 1. The topological polar surface area (TPSA) is 49.3 Å². The Labute approximate surface area is 81.7 Å². The van der Waals surface area contributed by atoms with Crippen molar-refractivity contribution in [3.05, 3.63) is 0 Å². The van der Waals surface area contributed by atoms with Gasteiger partial charge < -0.3 is 10.4 Å². The van der Waals surface area contributed by atoms with Crippen molar-refractivity contribution in [2.24, 2.45) is 5.92 Å². The number of carbonyl (C=O) groups excluding carboxylic acids is 1. The van der Waals surface area contributed by atoms with E-state index < -0.39 is 0 Å². The number of hydrogen-bond acceptors (Lipinski definition) is 2. The van der Waals surface area contributed by atoms with E-state index in [1.165, 1.54) is 0 Å². The molecular weight excluding hydrogens is 222 g/mol. The first-order chi connectivity index (χ1) is 5.61. The summed E-state index contributed by atoms with van der Waals surface area (Å²) in [7, 11) is 0. The fourth-order valence-corrected chi connectivity index (χ4v) is 1.15. The Bertz CT molecular complexity index is 139. The zero-order valence-corrected chi connectivity index (χ0v) is 9.10. The molecule has 0 aromatic heterocycles. The van der Waals surface area contributed by atoms with Crippen LogP contribution < -0.4 is 5.32 Å². The SMILES string of the molecule is CC(C)C(CO)NC(=O)CCBr. The van der Waals surface area contributed by atoms with Crippen LogP contribution in [0.1, 0.15) is 20.3 Å². The highest BCUT2D eigenvalue weighted by Gasteiger charge is 2.13. The first-order valence-corrected chi connectivity index (χ1v) is 5.20. The Balaban J connectivity index is 3.77. The van der Waals surface area contributed by atoms with Gasteiger partial charge in [0.05, 0.1) is 12.6 Å². The highest BCUT2D eigenvalue weighted by atomic mass is 79.9. The first-order valence-electron chi connectivity index (χ1n) is 4.08. The molecule has 0 spiro atoms. The molecule has 72 valence electrons. The first kappa shape index (κ1) is 11.9. The average Bonchev–Trinajstić information content (AvgIpc) is 2.00. The summed E-state index contributed by atoms with van der Waals surface area (Å²) < 4.78 is 0. The largest absolute Gasteiger partial charge is 0.394 e. The van der Waals surface area contributed by atoms with Gasteiger partial charge in [0.1, 0.15) is 0 Å². The van der Waals surface area contributed by atoms with E-state index in [0.29, 0.717) is 11.8 Å². The molecule has 1 atom stereocenters. The molecule has 12 heavy (non-hydrogen) atoms. The second-order valence-corrected chi connectivity index (χ2v) is 3.83. The summed E-state index contributed by atoms with van der Waals surface area (Å²) in [6.45, 7) is 3.94. The van der Waals surface area contributed by atoms with E-state index in [1.54, 1.807) is 0 Å². The summed E-state index contributed by atoms with van der Waals surface area (Å²) in [6.07, 6.45) is 0.462. The molecule has 0 heterocycles. The molecule has 4 heteroatoms. The minimum Gasteiger partial charge on any atom is -0.394 e. The zero-order valence-electron chi connectivity index (χ0n) is 7.51. The van der Waals surface area contributed by atoms with Crippen LogP contribution >= 0.6 is 15.9 Å². The number of rotatable bonds is 5. The van der Waals surface area contributed by atoms with Gasteiger partial charge in [0.25, 0.3) is 0 Å². The van der Waals surface area contributed by atoms with Crippen molar-refractivity contribution in [3.63, 3.8) is 0 Å². The van der Waals surface area contributed by atoms with Gasteiger partial charge in [0.2, 0.25) is 5.91 Å². The van der Waals surface area contributed by atoms with Gasteiger partial charge in [0, 0.05) is 11.8 Å². The second-order valence-electron chi connectivity index (χ2n) is 3.04. The highest BCUT2D eigenvalue weighted by molar-refractivity contribution is 9.09. The van der Waals surface area contributed by atoms with Crippen molar-refractivity contribution in [3.8, 4) is 0 Å². The normalized spacial score (nSPS) is 13.1. The number of halogens is 1. The fourth-order valence-electron chi connectivity index (χ4n) is 0.788. The van der Waals surface area contributed by atoms with Gasteiger partial charge in [-0.15, -0.1) is 0 Å². The van der Waals surface area contributed by atoms with Crippen molar-refractivity contribution in [2.45, 2.75) is 26.3 Å². The number of aliphatic hydroxyl groups excluding tert-OH is 1. The smallest absolute Gasteiger partial charge is 0.221 e. The predicted molar refractivity (Wildman–Crippen MR) is 52.3 cm³/mol. The van der Waals surface area contributed by atoms with E-state index in [0.717, 1.165) is 0 Å². The number of nitrogens with one attached hydrogen (secondary N) is 1. The maximum absolute atomic E-state index is 11.1. The molecule has 1 unspecified atom stereocenters. The molecule has 0 aliphatic rings. The van der Waals surface area contributed by atoms with E-state index in [1.807, 2.05) is 13.8 Å². The summed E-state index contributed by atoms with van der Waals surface area (Å²) in [6, 6.07) is -0.114. The third kappa shape index (κ3) is 4.72. The standard InChI is InChI=1S/C8H16BrNO2/c1-6(2)7(5-11)10-8(12)3-4-9/h6-7,11H,3-5H2,1-2H3,(H,10,12). The van der Waals surface area contributed by atoms with E-state index in [-0.39, 0.29) is 24.5 Å². The highest BCUT2D eigenvalue weighted by Crippen LogP contribution is 2.00. The summed E-state index contributed by atoms with van der Waals surface area (Å²) in [5.41, 5.74) is 0. The van der Waals surface area contributed by atoms with E-state index >= 15 is 0 Å². The molecule has 2 N–H and O–H groups in total. The predicted octanol–water partition coefficient (Wildman–Crippen LogP) is 0.905. The summed E-state index contributed by atoms with van der Waals surface area (Å²) >= 11 is 3.18. The molecule has 0 saturated carbocycles.